The summed E-state index contributed by atoms with van der Waals surface area (Å²) < 4.78 is 42.9. The number of pyridine rings is 1. The molecule has 0 aliphatic heterocycles. The Morgan fingerprint density at radius 2 is 1.96 bits per heavy atom. The molecule has 2 unspecified atom stereocenters. The number of carbonyl (C=O) groups is 1. The molecular weight excluding hydrogens is 329 g/mol. The van der Waals surface area contributed by atoms with Crippen LogP contribution >= 0.6 is 0 Å². The molecule has 24 heavy (non-hydrogen) atoms. The Kier molecular flexibility index (Phi) is 6.56. The second kappa shape index (κ2) is 7.80. The molecule has 136 valence electrons. The van der Waals surface area contributed by atoms with Crippen LogP contribution in [0.1, 0.15) is 44.6 Å². The Morgan fingerprint density at radius 1 is 1.33 bits per heavy atom. The fourth-order valence-electron chi connectivity index (χ4n) is 1.78. The minimum atomic E-state index is -4.57. The molecule has 0 saturated heterocycles. The van der Waals surface area contributed by atoms with E-state index >= 15 is 0 Å². The van der Waals surface area contributed by atoms with Gasteiger partial charge in [0.15, 0.2) is 0 Å². The molecule has 0 aliphatic rings. The minimum Gasteiger partial charge on any atom is -0.444 e. The summed E-state index contributed by atoms with van der Waals surface area (Å²) in [5.74, 6) is 0. The highest BCUT2D eigenvalue weighted by atomic mass is 19.4. The van der Waals surface area contributed by atoms with E-state index in [1.165, 1.54) is 0 Å². The highest BCUT2D eigenvalue weighted by molar-refractivity contribution is 5.67. The molecule has 1 aromatic heterocycles. The Labute approximate surface area is 137 Å². The van der Waals surface area contributed by atoms with Crippen molar-refractivity contribution in [1.82, 2.24) is 10.3 Å². The number of nitrogens with one attached hydrogen (secondary N) is 1. The number of alkyl halides is 3. The average Bonchev–Trinajstić information content (AvgIpc) is 2.43. The molecule has 0 aromatic carbocycles. The number of rotatable bonds is 5. The van der Waals surface area contributed by atoms with Crippen molar-refractivity contribution in [3.63, 3.8) is 0 Å². The van der Waals surface area contributed by atoms with E-state index in [0.29, 0.717) is 6.07 Å². The van der Waals surface area contributed by atoms with Crippen LogP contribution in [0.3, 0.4) is 0 Å². The van der Waals surface area contributed by atoms with Crippen LogP contribution in [-0.2, 0) is 10.9 Å². The van der Waals surface area contributed by atoms with Gasteiger partial charge in [-0.25, -0.2) is 4.79 Å². The smallest absolute Gasteiger partial charge is 0.416 e. The minimum absolute atomic E-state index is 0.0217. The molecule has 9 heteroatoms. The summed E-state index contributed by atoms with van der Waals surface area (Å²) in [7, 11) is 0. The topological polar surface area (TPSA) is 91.7 Å². The summed E-state index contributed by atoms with van der Waals surface area (Å²) in [6, 6.07) is 1.45. The zero-order chi connectivity index (χ0) is 18.5. The van der Waals surface area contributed by atoms with Gasteiger partial charge in [0.05, 0.1) is 17.4 Å². The normalized spacial score (nSPS) is 14.8. The number of alkyl carbamates (subject to hydrolysis) is 1. The first kappa shape index (κ1) is 20.2. The van der Waals surface area contributed by atoms with Gasteiger partial charge in [-0.1, -0.05) is 0 Å². The number of aliphatic hydroxyl groups excluding tert-OH is 2. The molecule has 0 radical (unpaired) electrons. The van der Waals surface area contributed by atoms with Crippen LogP contribution in [0.15, 0.2) is 18.3 Å². The lowest BCUT2D eigenvalue weighted by molar-refractivity contribution is -0.137. The van der Waals surface area contributed by atoms with Crippen LogP contribution in [0, 0.1) is 0 Å². The Balaban J connectivity index is 2.56. The molecule has 2 atom stereocenters. The Bertz CT molecular complexity index is 558. The molecule has 1 aromatic rings. The van der Waals surface area contributed by atoms with E-state index in [1.807, 2.05) is 0 Å². The average molecular weight is 350 g/mol. The maximum absolute atomic E-state index is 12.6. The number of halogens is 3. The van der Waals surface area contributed by atoms with Gasteiger partial charge in [0.25, 0.3) is 0 Å². The van der Waals surface area contributed by atoms with Gasteiger partial charge in [0.1, 0.15) is 11.7 Å². The van der Waals surface area contributed by atoms with Crippen LogP contribution in [0.4, 0.5) is 18.0 Å². The molecule has 3 N–H and O–H groups in total. The number of amides is 1. The maximum atomic E-state index is 12.6. The lowest BCUT2D eigenvalue weighted by Gasteiger charge is -2.21. The quantitative estimate of drug-likeness (QED) is 0.758. The predicted octanol–water partition coefficient (Wildman–Crippen LogP) is 2.41. The number of hydrogen-bond donors (Lipinski definition) is 3. The second-order valence-corrected chi connectivity index (χ2v) is 6.20. The largest absolute Gasteiger partial charge is 0.444 e. The Hall–Kier alpha value is -1.87. The van der Waals surface area contributed by atoms with Gasteiger partial charge in [-0.15, -0.1) is 0 Å². The molecule has 1 rings (SSSR count). The van der Waals surface area contributed by atoms with Gasteiger partial charge in [0.2, 0.25) is 0 Å². The third-order valence-electron chi connectivity index (χ3n) is 2.88. The number of ether oxygens (including phenoxy) is 1. The molecule has 0 saturated carbocycles. The van der Waals surface area contributed by atoms with E-state index in [1.54, 1.807) is 20.8 Å². The molecular formula is C15H21F3N2O4. The highest BCUT2D eigenvalue weighted by Gasteiger charge is 2.32. The maximum Gasteiger partial charge on any atom is 0.416 e. The summed E-state index contributed by atoms with van der Waals surface area (Å²) in [6.07, 6.45) is -7.43. The lowest BCUT2D eigenvalue weighted by Crippen LogP contribution is -2.34. The van der Waals surface area contributed by atoms with Crippen molar-refractivity contribution in [1.29, 1.82) is 0 Å². The van der Waals surface area contributed by atoms with Crippen LogP contribution < -0.4 is 5.32 Å². The van der Waals surface area contributed by atoms with Gasteiger partial charge >= 0.3 is 12.3 Å². The van der Waals surface area contributed by atoms with Crippen molar-refractivity contribution < 1.29 is 32.9 Å². The molecule has 0 fully saturated rings. The number of aromatic nitrogens is 1. The fraction of sp³-hybridized carbons (Fsp3) is 0.600. The van der Waals surface area contributed by atoms with E-state index in [4.69, 9.17) is 4.74 Å². The SMILES string of the molecule is CC(C)(C)OC(=O)NCCC(O)C(O)c1cc(C(F)(F)F)ccn1. The highest BCUT2D eigenvalue weighted by Crippen LogP contribution is 2.30. The fourth-order valence-corrected chi connectivity index (χ4v) is 1.78. The van der Waals surface area contributed by atoms with E-state index in [9.17, 15) is 28.2 Å². The zero-order valence-corrected chi connectivity index (χ0v) is 13.6. The number of nitrogens with zero attached hydrogens (tertiary/aromatic N) is 1. The molecule has 1 amide bonds. The monoisotopic (exact) mass is 350 g/mol. The summed E-state index contributed by atoms with van der Waals surface area (Å²) in [6.45, 7) is 5.03. The molecule has 1 heterocycles. The van der Waals surface area contributed by atoms with Gasteiger partial charge in [-0.2, -0.15) is 13.2 Å². The van der Waals surface area contributed by atoms with Crippen LogP contribution in [0.2, 0.25) is 0 Å². The molecule has 0 spiro atoms. The second-order valence-electron chi connectivity index (χ2n) is 6.20. The van der Waals surface area contributed by atoms with Crippen molar-refractivity contribution in [3.05, 3.63) is 29.6 Å². The van der Waals surface area contributed by atoms with Crippen molar-refractivity contribution in [2.75, 3.05) is 6.54 Å². The van der Waals surface area contributed by atoms with Crippen LogP contribution in [0.5, 0.6) is 0 Å². The van der Waals surface area contributed by atoms with E-state index in [-0.39, 0.29) is 18.7 Å². The molecule has 0 aliphatic carbocycles. The third-order valence-corrected chi connectivity index (χ3v) is 2.88. The van der Waals surface area contributed by atoms with Crippen LogP contribution in [0.25, 0.3) is 0 Å². The van der Waals surface area contributed by atoms with E-state index in [0.717, 1.165) is 12.3 Å². The number of aliphatic hydroxyl groups is 2. The lowest BCUT2D eigenvalue weighted by atomic mass is 10.1. The number of hydrogen-bond acceptors (Lipinski definition) is 5. The van der Waals surface area contributed by atoms with Gasteiger partial charge in [-0.3, -0.25) is 4.98 Å². The molecule has 0 bridgehead atoms. The van der Waals surface area contributed by atoms with Crippen LogP contribution in [-0.4, -0.2) is 39.5 Å². The van der Waals surface area contributed by atoms with Gasteiger partial charge in [-0.05, 0) is 39.3 Å². The third kappa shape index (κ3) is 6.71. The van der Waals surface area contributed by atoms with E-state index in [2.05, 4.69) is 10.3 Å². The van der Waals surface area contributed by atoms with Crippen molar-refractivity contribution in [2.24, 2.45) is 0 Å². The van der Waals surface area contributed by atoms with Crippen molar-refractivity contribution >= 4 is 6.09 Å². The van der Waals surface area contributed by atoms with Crippen molar-refractivity contribution in [2.45, 2.75) is 51.2 Å². The van der Waals surface area contributed by atoms with Crippen molar-refractivity contribution in [3.8, 4) is 0 Å². The standard InChI is InChI=1S/C15H21F3N2O4/c1-14(2,3)24-13(23)20-7-5-11(21)12(22)10-8-9(4-6-19-10)15(16,17)18/h4,6,8,11-12,21-22H,5,7H2,1-3H3,(H,20,23). The summed E-state index contributed by atoms with van der Waals surface area (Å²) in [5.41, 5.74) is -1.94. The predicted molar refractivity (Wildman–Crippen MR) is 79.1 cm³/mol. The van der Waals surface area contributed by atoms with Gasteiger partial charge < -0.3 is 20.3 Å². The Morgan fingerprint density at radius 3 is 2.50 bits per heavy atom. The summed E-state index contributed by atoms with van der Waals surface area (Å²) in [5, 5.41) is 22.1. The zero-order valence-electron chi connectivity index (χ0n) is 13.6. The first-order chi connectivity index (χ1) is 10.9. The summed E-state index contributed by atoms with van der Waals surface area (Å²) >= 11 is 0. The first-order valence-corrected chi connectivity index (χ1v) is 7.26. The van der Waals surface area contributed by atoms with Gasteiger partial charge in [0, 0.05) is 12.7 Å². The molecule has 6 nitrogen and oxygen atoms in total. The summed E-state index contributed by atoms with van der Waals surface area (Å²) in [4.78, 5) is 15.1. The first-order valence-electron chi connectivity index (χ1n) is 7.26. The number of carbonyl (C=O) groups excluding carboxylic acids is 1. The van der Waals surface area contributed by atoms with E-state index < -0.39 is 35.6 Å².